The van der Waals surface area contributed by atoms with Gasteiger partial charge in [0.05, 0.1) is 16.0 Å². The van der Waals surface area contributed by atoms with Crippen LogP contribution in [0.25, 0.3) is 10.2 Å². The monoisotopic (exact) mass is 284 g/mol. The van der Waals surface area contributed by atoms with Crippen LogP contribution in [0, 0.1) is 6.92 Å². The quantitative estimate of drug-likeness (QED) is 0.857. The number of sulfone groups is 1. The number of nitrogens with one attached hydrogen (secondary N) is 1. The van der Waals surface area contributed by atoms with Crippen molar-refractivity contribution >= 4 is 36.5 Å². The number of hydrogen-bond acceptors (Lipinski definition) is 5. The summed E-state index contributed by atoms with van der Waals surface area (Å²) >= 11 is 1.60. The van der Waals surface area contributed by atoms with Gasteiger partial charge in [-0.25, -0.2) is 13.4 Å². The van der Waals surface area contributed by atoms with Gasteiger partial charge in [0.2, 0.25) is 0 Å². The first-order chi connectivity index (χ1) is 8.46. The molecule has 0 atom stereocenters. The molecule has 1 aromatic carbocycles. The van der Waals surface area contributed by atoms with Crippen LogP contribution in [0.2, 0.25) is 0 Å². The molecule has 98 valence electrons. The molecule has 6 heteroatoms. The van der Waals surface area contributed by atoms with Gasteiger partial charge >= 0.3 is 0 Å². The smallest absolute Gasteiger partial charge is 0.183 e. The Morgan fingerprint density at radius 3 is 2.83 bits per heavy atom. The second-order valence-electron chi connectivity index (χ2n) is 4.35. The highest BCUT2D eigenvalue weighted by Gasteiger charge is 2.06. The second-order valence-corrected chi connectivity index (χ2v) is 7.64. The Labute approximate surface area is 111 Å². The Morgan fingerprint density at radius 1 is 1.39 bits per heavy atom. The topological polar surface area (TPSA) is 59.1 Å². The van der Waals surface area contributed by atoms with E-state index in [2.05, 4.69) is 10.3 Å². The van der Waals surface area contributed by atoms with Gasteiger partial charge in [0, 0.05) is 12.8 Å². The highest BCUT2D eigenvalue weighted by molar-refractivity contribution is 7.90. The van der Waals surface area contributed by atoms with Gasteiger partial charge in [0.1, 0.15) is 9.84 Å². The zero-order valence-electron chi connectivity index (χ0n) is 10.4. The second kappa shape index (κ2) is 5.24. The normalized spacial score (nSPS) is 11.9. The van der Waals surface area contributed by atoms with Crippen LogP contribution in [0.1, 0.15) is 12.0 Å². The van der Waals surface area contributed by atoms with Gasteiger partial charge in [-0.3, -0.25) is 0 Å². The molecule has 1 heterocycles. The number of aryl methyl sites for hydroxylation is 1. The van der Waals surface area contributed by atoms with Crippen molar-refractivity contribution < 1.29 is 8.42 Å². The van der Waals surface area contributed by atoms with Crippen LogP contribution in [0.3, 0.4) is 0 Å². The minimum Gasteiger partial charge on any atom is -0.361 e. The molecule has 0 aliphatic heterocycles. The molecule has 0 fully saturated rings. The van der Waals surface area contributed by atoms with Crippen molar-refractivity contribution in [2.24, 2.45) is 0 Å². The van der Waals surface area contributed by atoms with Gasteiger partial charge in [0.15, 0.2) is 5.13 Å². The maximum atomic E-state index is 11.0. The van der Waals surface area contributed by atoms with Gasteiger partial charge < -0.3 is 5.32 Å². The molecule has 0 unspecified atom stereocenters. The molecule has 0 saturated carbocycles. The number of fused-ring (bicyclic) bond motifs is 1. The Morgan fingerprint density at radius 2 is 2.17 bits per heavy atom. The Kier molecular flexibility index (Phi) is 3.87. The van der Waals surface area contributed by atoms with Crippen molar-refractivity contribution in [1.82, 2.24) is 4.98 Å². The number of para-hydroxylation sites is 1. The first kappa shape index (κ1) is 13.3. The summed E-state index contributed by atoms with van der Waals surface area (Å²) in [4.78, 5) is 4.50. The molecular formula is C12H16N2O2S2. The highest BCUT2D eigenvalue weighted by Crippen LogP contribution is 2.27. The van der Waals surface area contributed by atoms with E-state index in [-0.39, 0.29) is 5.75 Å². The van der Waals surface area contributed by atoms with Gasteiger partial charge in [-0.05, 0) is 25.0 Å². The van der Waals surface area contributed by atoms with Crippen LogP contribution in [-0.2, 0) is 9.84 Å². The average Bonchev–Trinajstić information content (AvgIpc) is 2.68. The third-order valence-corrected chi connectivity index (χ3v) is 4.60. The minimum absolute atomic E-state index is 0.212. The number of rotatable bonds is 5. The molecule has 1 aromatic heterocycles. The van der Waals surface area contributed by atoms with E-state index in [9.17, 15) is 8.42 Å². The van der Waals surface area contributed by atoms with Crippen LogP contribution < -0.4 is 5.32 Å². The lowest BCUT2D eigenvalue weighted by atomic mass is 10.2. The number of benzene rings is 1. The van der Waals surface area contributed by atoms with E-state index in [1.165, 1.54) is 6.26 Å². The van der Waals surface area contributed by atoms with Crippen LogP contribution in [-0.4, -0.2) is 32.0 Å². The predicted octanol–water partition coefficient (Wildman–Crippen LogP) is 2.45. The predicted molar refractivity (Wildman–Crippen MR) is 77.2 cm³/mol. The SMILES string of the molecule is Cc1cccc2sc(NCCCS(C)(=O)=O)nc12. The average molecular weight is 284 g/mol. The fourth-order valence-corrected chi connectivity index (χ4v) is 3.33. The summed E-state index contributed by atoms with van der Waals surface area (Å²) in [5, 5.41) is 4.03. The van der Waals surface area contributed by atoms with E-state index in [4.69, 9.17) is 0 Å². The van der Waals surface area contributed by atoms with Crippen molar-refractivity contribution in [3.8, 4) is 0 Å². The molecule has 4 nitrogen and oxygen atoms in total. The van der Waals surface area contributed by atoms with E-state index in [1.807, 2.05) is 25.1 Å². The van der Waals surface area contributed by atoms with Crippen LogP contribution >= 0.6 is 11.3 Å². The summed E-state index contributed by atoms with van der Waals surface area (Å²) in [7, 11) is -2.87. The molecule has 1 N–H and O–H groups in total. The van der Waals surface area contributed by atoms with Gasteiger partial charge in [-0.2, -0.15) is 0 Å². The molecule has 18 heavy (non-hydrogen) atoms. The summed E-state index contributed by atoms with van der Waals surface area (Å²) in [6.45, 7) is 2.67. The zero-order valence-corrected chi connectivity index (χ0v) is 12.1. The van der Waals surface area contributed by atoms with E-state index in [0.717, 1.165) is 20.9 Å². The highest BCUT2D eigenvalue weighted by atomic mass is 32.2. The molecule has 0 spiro atoms. The van der Waals surface area contributed by atoms with Gasteiger partial charge in [0.25, 0.3) is 0 Å². The number of thiazole rings is 1. The van der Waals surface area contributed by atoms with Crippen LogP contribution in [0.4, 0.5) is 5.13 Å². The maximum absolute atomic E-state index is 11.0. The maximum Gasteiger partial charge on any atom is 0.183 e. The standard InChI is InChI=1S/C12H16N2O2S2/c1-9-5-3-6-10-11(9)14-12(17-10)13-7-4-8-18(2,15)16/h3,5-6H,4,7-8H2,1-2H3,(H,13,14). The lowest BCUT2D eigenvalue weighted by Crippen LogP contribution is -2.09. The molecule has 0 amide bonds. The molecule has 2 rings (SSSR count). The Hall–Kier alpha value is -1.14. The summed E-state index contributed by atoms with van der Waals surface area (Å²) in [5.41, 5.74) is 2.18. The number of hydrogen-bond donors (Lipinski definition) is 1. The van der Waals surface area contributed by atoms with E-state index in [1.54, 1.807) is 11.3 Å². The van der Waals surface area contributed by atoms with Crippen LogP contribution in [0.5, 0.6) is 0 Å². The van der Waals surface area contributed by atoms with Crippen molar-refractivity contribution in [2.45, 2.75) is 13.3 Å². The molecule has 0 radical (unpaired) electrons. The lowest BCUT2D eigenvalue weighted by molar-refractivity contribution is 0.600. The number of nitrogens with zero attached hydrogens (tertiary/aromatic N) is 1. The molecule has 0 aliphatic rings. The summed E-state index contributed by atoms with van der Waals surface area (Å²) in [5.74, 6) is 0.212. The summed E-state index contributed by atoms with van der Waals surface area (Å²) < 4.78 is 23.1. The van der Waals surface area contributed by atoms with E-state index >= 15 is 0 Å². The third kappa shape index (κ3) is 3.43. The Bertz CT molecular complexity index is 647. The van der Waals surface area contributed by atoms with Crippen molar-refractivity contribution in [3.63, 3.8) is 0 Å². The number of anilines is 1. The molecular weight excluding hydrogens is 268 g/mol. The third-order valence-electron chi connectivity index (χ3n) is 2.59. The number of aromatic nitrogens is 1. The van der Waals surface area contributed by atoms with Crippen molar-refractivity contribution in [2.75, 3.05) is 23.9 Å². The molecule has 0 aliphatic carbocycles. The minimum atomic E-state index is -2.87. The largest absolute Gasteiger partial charge is 0.361 e. The van der Waals surface area contributed by atoms with Crippen LogP contribution in [0.15, 0.2) is 18.2 Å². The molecule has 2 aromatic rings. The van der Waals surface area contributed by atoms with Gasteiger partial charge in [-0.15, -0.1) is 0 Å². The summed E-state index contributed by atoms with van der Waals surface area (Å²) in [6, 6.07) is 6.10. The Balaban J connectivity index is 1.98. The van der Waals surface area contributed by atoms with Gasteiger partial charge in [-0.1, -0.05) is 23.5 Å². The lowest BCUT2D eigenvalue weighted by Gasteiger charge is -2.00. The first-order valence-corrected chi connectivity index (χ1v) is 8.61. The fourth-order valence-electron chi connectivity index (χ4n) is 1.69. The first-order valence-electron chi connectivity index (χ1n) is 5.73. The fraction of sp³-hybridized carbons (Fsp3) is 0.417. The molecule has 0 saturated heterocycles. The van der Waals surface area contributed by atoms with E-state index < -0.39 is 9.84 Å². The van der Waals surface area contributed by atoms with Crippen molar-refractivity contribution in [3.05, 3.63) is 23.8 Å². The van der Waals surface area contributed by atoms with E-state index in [0.29, 0.717) is 13.0 Å². The molecule has 0 bridgehead atoms. The van der Waals surface area contributed by atoms with Crippen molar-refractivity contribution in [1.29, 1.82) is 0 Å². The summed E-state index contributed by atoms with van der Waals surface area (Å²) in [6.07, 6.45) is 1.86. The zero-order chi connectivity index (χ0) is 13.2.